The SMILES string of the molecule is Cc1cccc(C)c1-c1cc(Oc2cccc(C3(c4ccccn4)c4cc(C(C)(C)C)ccc4-c4ccc(C(C)(C)C)cc43)c2)cc(-c2ccccn2)c1. The third-order valence-corrected chi connectivity index (χ3v) is 11.1. The van der Waals surface area contributed by atoms with E-state index in [0.717, 1.165) is 39.6 Å². The molecule has 0 fully saturated rings. The molecule has 3 nitrogen and oxygen atoms in total. The third kappa shape index (κ3) is 6.12. The smallest absolute Gasteiger partial charge is 0.128 e. The van der Waals surface area contributed by atoms with Gasteiger partial charge in [-0.2, -0.15) is 0 Å². The minimum absolute atomic E-state index is 0.0347. The van der Waals surface area contributed by atoms with Crippen molar-refractivity contribution in [2.24, 2.45) is 0 Å². The highest BCUT2D eigenvalue weighted by molar-refractivity contribution is 5.87. The monoisotopic (exact) mass is 704 g/mol. The van der Waals surface area contributed by atoms with Crippen LogP contribution in [0, 0.1) is 13.8 Å². The summed E-state index contributed by atoms with van der Waals surface area (Å²) in [7, 11) is 0. The van der Waals surface area contributed by atoms with Crippen LogP contribution in [0.25, 0.3) is 33.5 Å². The summed E-state index contributed by atoms with van der Waals surface area (Å²) < 4.78 is 6.95. The first-order valence-corrected chi connectivity index (χ1v) is 19.0. The van der Waals surface area contributed by atoms with Gasteiger partial charge >= 0.3 is 0 Å². The van der Waals surface area contributed by atoms with Crippen molar-refractivity contribution in [1.29, 1.82) is 0 Å². The van der Waals surface area contributed by atoms with E-state index in [2.05, 4.69) is 171 Å². The lowest BCUT2D eigenvalue weighted by molar-refractivity contribution is 0.481. The molecular formula is C51H48N2O. The molecule has 0 amide bonds. The molecular weight excluding hydrogens is 657 g/mol. The average molecular weight is 705 g/mol. The van der Waals surface area contributed by atoms with E-state index in [1.54, 1.807) is 0 Å². The van der Waals surface area contributed by atoms with Gasteiger partial charge < -0.3 is 4.74 Å². The van der Waals surface area contributed by atoms with Crippen LogP contribution >= 0.6 is 0 Å². The summed E-state index contributed by atoms with van der Waals surface area (Å²) in [6.07, 6.45) is 3.77. The lowest BCUT2D eigenvalue weighted by Crippen LogP contribution is -2.30. The molecule has 0 N–H and O–H groups in total. The van der Waals surface area contributed by atoms with E-state index in [4.69, 9.17) is 14.7 Å². The van der Waals surface area contributed by atoms with Gasteiger partial charge in [0.25, 0.3) is 0 Å². The summed E-state index contributed by atoms with van der Waals surface area (Å²) >= 11 is 0. The second-order valence-electron chi connectivity index (χ2n) is 16.8. The van der Waals surface area contributed by atoms with Gasteiger partial charge in [0.05, 0.1) is 16.8 Å². The van der Waals surface area contributed by atoms with Crippen LogP contribution in [-0.2, 0) is 16.2 Å². The van der Waals surface area contributed by atoms with E-state index in [1.807, 2.05) is 30.6 Å². The Labute approximate surface area is 320 Å². The highest BCUT2D eigenvalue weighted by atomic mass is 16.5. The van der Waals surface area contributed by atoms with Crippen LogP contribution in [0.1, 0.15) is 86.2 Å². The zero-order chi connectivity index (χ0) is 37.8. The molecule has 0 spiro atoms. The summed E-state index contributed by atoms with van der Waals surface area (Å²) in [6, 6.07) is 48.1. The maximum Gasteiger partial charge on any atom is 0.128 e. The first-order chi connectivity index (χ1) is 25.8. The summed E-state index contributed by atoms with van der Waals surface area (Å²) in [6.45, 7) is 18.1. The van der Waals surface area contributed by atoms with E-state index in [-0.39, 0.29) is 10.8 Å². The molecule has 2 heterocycles. The lowest BCUT2D eigenvalue weighted by atomic mass is 9.68. The first-order valence-electron chi connectivity index (χ1n) is 19.0. The molecule has 0 unspecified atom stereocenters. The normalized spacial score (nSPS) is 13.3. The summed E-state index contributed by atoms with van der Waals surface area (Å²) in [5.74, 6) is 1.53. The van der Waals surface area contributed by atoms with E-state index in [0.29, 0.717) is 0 Å². The van der Waals surface area contributed by atoms with Crippen molar-refractivity contribution in [3.8, 4) is 45.0 Å². The number of aromatic nitrogens is 2. The van der Waals surface area contributed by atoms with Gasteiger partial charge in [0.2, 0.25) is 0 Å². The molecule has 1 aliphatic rings. The Balaban J connectivity index is 1.35. The number of hydrogen-bond acceptors (Lipinski definition) is 3. The molecule has 5 aromatic carbocycles. The first kappa shape index (κ1) is 35.2. The van der Waals surface area contributed by atoms with Crippen LogP contribution in [0.3, 0.4) is 0 Å². The molecule has 0 radical (unpaired) electrons. The Morgan fingerprint density at radius 3 is 1.67 bits per heavy atom. The fourth-order valence-electron chi connectivity index (χ4n) is 8.26. The lowest BCUT2D eigenvalue weighted by Gasteiger charge is -2.34. The van der Waals surface area contributed by atoms with Crippen molar-refractivity contribution in [2.75, 3.05) is 0 Å². The number of hydrogen-bond donors (Lipinski definition) is 0. The van der Waals surface area contributed by atoms with Crippen LogP contribution in [0.5, 0.6) is 11.5 Å². The number of aryl methyl sites for hydroxylation is 2. The zero-order valence-corrected chi connectivity index (χ0v) is 32.7. The predicted octanol–water partition coefficient (Wildman–Crippen LogP) is 13.2. The molecule has 268 valence electrons. The van der Waals surface area contributed by atoms with Gasteiger partial charge in [-0.1, -0.05) is 120 Å². The van der Waals surface area contributed by atoms with Crippen molar-refractivity contribution in [3.63, 3.8) is 0 Å². The molecule has 0 saturated heterocycles. The number of ether oxygens (including phenoxy) is 1. The molecule has 0 aliphatic heterocycles. The zero-order valence-electron chi connectivity index (χ0n) is 32.7. The second kappa shape index (κ2) is 13.2. The van der Waals surface area contributed by atoms with Gasteiger partial charge in [-0.25, -0.2) is 0 Å². The Hall–Kier alpha value is -5.80. The highest BCUT2D eigenvalue weighted by Gasteiger charge is 2.48. The average Bonchev–Trinajstić information content (AvgIpc) is 3.45. The highest BCUT2D eigenvalue weighted by Crippen LogP contribution is 2.57. The number of nitrogens with zero attached hydrogens (tertiary/aromatic N) is 2. The van der Waals surface area contributed by atoms with Crippen LogP contribution in [0.15, 0.2) is 146 Å². The Morgan fingerprint density at radius 2 is 1.09 bits per heavy atom. The minimum Gasteiger partial charge on any atom is -0.457 e. The summed E-state index contributed by atoms with van der Waals surface area (Å²) in [5.41, 5.74) is 15.6. The molecule has 8 rings (SSSR count). The van der Waals surface area contributed by atoms with Gasteiger partial charge in [0.1, 0.15) is 11.5 Å². The van der Waals surface area contributed by atoms with Gasteiger partial charge in [0, 0.05) is 18.0 Å². The van der Waals surface area contributed by atoms with Gasteiger partial charge in [0.15, 0.2) is 0 Å². The number of benzene rings is 5. The fraction of sp³-hybridized carbons (Fsp3) is 0.216. The van der Waals surface area contributed by atoms with Crippen molar-refractivity contribution in [1.82, 2.24) is 9.97 Å². The summed E-state index contributed by atoms with van der Waals surface area (Å²) in [4.78, 5) is 9.88. The Kier molecular flexibility index (Phi) is 8.65. The van der Waals surface area contributed by atoms with Crippen LogP contribution < -0.4 is 4.74 Å². The van der Waals surface area contributed by atoms with Crippen molar-refractivity contribution in [2.45, 2.75) is 71.6 Å². The Bertz CT molecular complexity index is 2420. The van der Waals surface area contributed by atoms with E-state index in [1.165, 1.54) is 50.1 Å². The van der Waals surface area contributed by atoms with Gasteiger partial charge in [-0.05, 0) is 140 Å². The van der Waals surface area contributed by atoms with Crippen LogP contribution in [0.2, 0.25) is 0 Å². The predicted molar refractivity (Wildman–Crippen MR) is 224 cm³/mol. The number of fused-ring (bicyclic) bond motifs is 3. The maximum absolute atomic E-state index is 6.95. The standard InChI is InChI=1S/C51H48N2O/c1-33-15-13-16-34(2)48(33)36-27-35(46-19-9-11-25-52-46)28-41(29-36)54-40-18-14-17-39(30-40)51(47-20-10-12-26-53-47)44-31-37(49(3,4)5)21-23-42(44)43-24-22-38(32-45(43)51)50(6,7)8/h9-32H,1-8H3. The van der Waals surface area contributed by atoms with Crippen LogP contribution in [-0.4, -0.2) is 9.97 Å². The molecule has 3 heteroatoms. The topological polar surface area (TPSA) is 35.0 Å². The molecule has 2 aromatic heterocycles. The quantitative estimate of drug-likeness (QED) is 0.173. The van der Waals surface area contributed by atoms with Crippen molar-refractivity contribution >= 4 is 0 Å². The molecule has 0 atom stereocenters. The summed E-state index contributed by atoms with van der Waals surface area (Å²) in [5, 5.41) is 0. The van der Waals surface area contributed by atoms with E-state index in [9.17, 15) is 0 Å². The van der Waals surface area contributed by atoms with Gasteiger partial charge in [-0.3, -0.25) is 9.97 Å². The molecule has 54 heavy (non-hydrogen) atoms. The minimum atomic E-state index is -0.674. The molecule has 7 aromatic rings. The van der Waals surface area contributed by atoms with Crippen LogP contribution in [0.4, 0.5) is 0 Å². The maximum atomic E-state index is 6.95. The van der Waals surface area contributed by atoms with Gasteiger partial charge in [-0.15, -0.1) is 0 Å². The number of rotatable bonds is 6. The molecule has 0 saturated carbocycles. The Morgan fingerprint density at radius 1 is 0.500 bits per heavy atom. The molecule has 1 aliphatic carbocycles. The largest absolute Gasteiger partial charge is 0.457 e. The second-order valence-corrected chi connectivity index (χ2v) is 16.8. The van der Waals surface area contributed by atoms with Crippen molar-refractivity contribution < 1.29 is 4.74 Å². The van der Waals surface area contributed by atoms with Crippen molar-refractivity contribution in [3.05, 3.63) is 190 Å². The van der Waals surface area contributed by atoms with E-state index >= 15 is 0 Å². The third-order valence-electron chi connectivity index (χ3n) is 11.1. The molecule has 0 bridgehead atoms. The number of pyridine rings is 2. The fourth-order valence-corrected chi connectivity index (χ4v) is 8.26. The van der Waals surface area contributed by atoms with E-state index < -0.39 is 5.41 Å².